The van der Waals surface area contributed by atoms with Gasteiger partial charge in [-0.25, -0.2) is 4.98 Å². The third-order valence-corrected chi connectivity index (χ3v) is 3.22. The molecule has 1 unspecified atom stereocenters. The largest absolute Gasteiger partial charge is 0.481 e. The first-order valence-electron chi connectivity index (χ1n) is 5.43. The molecular weight excluding hydrogens is 240 g/mol. The monoisotopic (exact) mass is 256 g/mol. The number of thiazole rings is 1. The summed E-state index contributed by atoms with van der Waals surface area (Å²) in [6, 6.07) is 0. The second-order valence-corrected chi connectivity index (χ2v) is 4.84. The van der Waals surface area contributed by atoms with E-state index in [1.807, 2.05) is 12.3 Å². The molecule has 2 N–H and O–H groups in total. The van der Waals surface area contributed by atoms with Crippen LogP contribution in [-0.2, 0) is 16.0 Å². The molecule has 1 atom stereocenters. The van der Waals surface area contributed by atoms with E-state index in [4.69, 9.17) is 5.11 Å². The zero-order valence-electron chi connectivity index (χ0n) is 9.90. The average molecular weight is 256 g/mol. The summed E-state index contributed by atoms with van der Waals surface area (Å²) in [5, 5.41) is 14.2. The molecule has 0 saturated carbocycles. The molecular formula is C11H16N2O3S. The van der Waals surface area contributed by atoms with Crippen LogP contribution < -0.4 is 5.32 Å². The Morgan fingerprint density at radius 3 is 2.76 bits per heavy atom. The Morgan fingerprint density at radius 2 is 2.29 bits per heavy atom. The molecule has 0 fully saturated rings. The number of hydrogen-bond acceptors (Lipinski definition) is 4. The Hall–Kier alpha value is -1.43. The lowest BCUT2D eigenvalue weighted by Gasteiger charge is -2.10. The van der Waals surface area contributed by atoms with Crippen LogP contribution in [0.3, 0.4) is 0 Å². The normalized spacial score (nSPS) is 12.1. The fourth-order valence-electron chi connectivity index (χ4n) is 1.36. The summed E-state index contributed by atoms with van der Waals surface area (Å²) < 4.78 is 0. The lowest BCUT2D eigenvalue weighted by molar-refractivity contribution is -0.141. The number of carbonyl (C=O) groups excluding carboxylic acids is 1. The Bertz CT molecular complexity index is 403. The Kier molecular flexibility index (Phi) is 5.09. The summed E-state index contributed by atoms with van der Waals surface area (Å²) in [6.07, 6.45) is 0.714. The number of aromatic nitrogens is 1. The van der Waals surface area contributed by atoms with Crippen molar-refractivity contribution in [3.63, 3.8) is 0 Å². The minimum absolute atomic E-state index is 0.174. The number of carboxylic acid groups (broad SMARTS) is 1. The van der Waals surface area contributed by atoms with Crippen molar-refractivity contribution in [3.05, 3.63) is 16.1 Å². The van der Waals surface area contributed by atoms with Gasteiger partial charge in [-0.15, -0.1) is 11.3 Å². The van der Waals surface area contributed by atoms with Crippen molar-refractivity contribution < 1.29 is 14.7 Å². The van der Waals surface area contributed by atoms with Crippen molar-refractivity contribution in [1.29, 1.82) is 0 Å². The number of nitrogens with one attached hydrogen (secondary N) is 1. The number of carbonyl (C=O) groups is 2. The van der Waals surface area contributed by atoms with Crippen LogP contribution >= 0.6 is 11.3 Å². The van der Waals surface area contributed by atoms with Crippen LogP contribution in [0.5, 0.6) is 0 Å². The van der Waals surface area contributed by atoms with Gasteiger partial charge in [-0.05, 0) is 13.3 Å². The molecule has 0 aliphatic carbocycles. The lowest BCUT2D eigenvalue weighted by atomic mass is 10.1. The molecule has 94 valence electrons. The molecule has 0 aliphatic rings. The summed E-state index contributed by atoms with van der Waals surface area (Å²) >= 11 is 1.49. The minimum atomic E-state index is -0.877. The predicted octanol–water partition coefficient (Wildman–Crippen LogP) is 1.22. The van der Waals surface area contributed by atoms with Gasteiger partial charge in [0.15, 0.2) is 0 Å². The number of carboxylic acids is 1. The van der Waals surface area contributed by atoms with Gasteiger partial charge in [-0.1, -0.05) is 6.92 Å². The van der Waals surface area contributed by atoms with Gasteiger partial charge in [0, 0.05) is 11.9 Å². The summed E-state index contributed by atoms with van der Waals surface area (Å²) in [5.74, 6) is -1.58. The zero-order valence-corrected chi connectivity index (χ0v) is 10.7. The van der Waals surface area contributed by atoms with Crippen LogP contribution in [0.2, 0.25) is 0 Å². The SMILES string of the molecule is CCC(CNC(=O)Cc1csc(C)n1)C(=O)O. The van der Waals surface area contributed by atoms with Crippen LogP contribution in [0.15, 0.2) is 5.38 Å². The number of nitrogens with zero attached hydrogens (tertiary/aromatic N) is 1. The first-order valence-corrected chi connectivity index (χ1v) is 6.31. The molecule has 0 saturated heterocycles. The van der Waals surface area contributed by atoms with Crippen LogP contribution in [-0.4, -0.2) is 28.5 Å². The Morgan fingerprint density at radius 1 is 1.59 bits per heavy atom. The van der Waals surface area contributed by atoms with Crippen LogP contribution in [0.1, 0.15) is 24.0 Å². The predicted molar refractivity (Wildman–Crippen MR) is 65.0 cm³/mol. The topological polar surface area (TPSA) is 79.3 Å². The van der Waals surface area contributed by atoms with E-state index in [0.29, 0.717) is 6.42 Å². The molecule has 0 aliphatic heterocycles. The lowest BCUT2D eigenvalue weighted by Crippen LogP contribution is -2.33. The summed E-state index contributed by atoms with van der Waals surface area (Å²) in [6.45, 7) is 3.84. The molecule has 0 radical (unpaired) electrons. The molecule has 1 aromatic rings. The number of hydrogen-bond donors (Lipinski definition) is 2. The van der Waals surface area contributed by atoms with Gasteiger partial charge in [0.25, 0.3) is 0 Å². The van der Waals surface area contributed by atoms with Gasteiger partial charge >= 0.3 is 5.97 Å². The molecule has 1 amide bonds. The zero-order chi connectivity index (χ0) is 12.8. The van der Waals surface area contributed by atoms with Crippen LogP contribution in [0.4, 0.5) is 0 Å². The Balaban J connectivity index is 2.37. The summed E-state index contributed by atoms with van der Waals surface area (Å²) in [4.78, 5) is 26.4. The third kappa shape index (κ3) is 4.52. The molecule has 0 spiro atoms. The molecule has 0 aromatic carbocycles. The number of aryl methyl sites for hydroxylation is 1. The van der Waals surface area contributed by atoms with E-state index in [1.165, 1.54) is 11.3 Å². The maximum absolute atomic E-state index is 11.5. The van der Waals surface area contributed by atoms with E-state index >= 15 is 0 Å². The second kappa shape index (κ2) is 6.34. The molecule has 1 rings (SSSR count). The van der Waals surface area contributed by atoms with E-state index in [2.05, 4.69) is 10.3 Å². The maximum Gasteiger partial charge on any atom is 0.308 e. The van der Waals surface area contributed by atoms with Crippen LogP contribution in [0.25, 0.3) is 0 Å². The highest BCUT2D eigenvalue weighted by Gasteiger charge is 2.16. The highest BCUT2D eigenvalue weighted by atomic mass is 32.1. The van der Waals surface area contributed by atoms with Crippen molar-refractivity contribution in [2.45, 2.75) is 26.7 Å². The van der Waals surface area contributed by atoms with E-state index in [9.17, 15) is 9.59 Å². The second-order valence-electron chi connectivity index (χ2n) is 3.78. The van der Waals surface area contributed by atoms with Crippen molar-refractivity contribution >= 4 is 23.2 Å². The number of rotatable bonds is 6. The quantitative estimate of drug-likeness (QED) is 0.802. The summed E-state index contributed by atoms with van der Waals surface area (Å²) in [7, 11) is 0. The van der Waals surface area contributed by atoms with Crippen molar-refractivity contribution in [3.8, 4) is 0 Å². The minimum Gasteiger partial charge on any atom is -0.481 e. The third-order valence-electron chi connectivity index (χ3n) is 2.40. The average Bonchev–Trinajstić information content (AvgIpc) is 2.64. The first-order chi connectivity index (χ1) is 8.02. The standard InChI is InChI=1S/C11H16N2O3S/c1-3-8(11(15)16)5-12-10(14)4-9-6-17-7(2)13-9/h6,8H,3-5H2,1-2H3,(H,12,14)(H,15,16). The molecule has 0 bridgehead atoms. The van der Waals surface area contributed by atoms with Gasteiger partial charge in [-0.2, -0.15) is 0 Å². The van der Waals surface area contributed by atoms with Gasteiger partial charge in [0.2, 0.25) is 5.91 Å². The number of amides is 1. The van der Waals surface area contributed by atoms with Crippen molar-refractivity contribution in [2.24, 2.45) is 5.92 Å². The summed E-state index contributed by atoms with van der Waals surface area (Å²) in [5.41, 5.74) is 0.730. The van der Waals surface area contributed by atoms with Crippen molar-refractivity contribution in [1.82, 2.24) is 10.3 Å². The highest BCUT2D eigenvalue weighted by molar-refractivity contribution is 7.09. The fraction of sp³-hybridized carbons (Fsp3) is 0.545. The van der Waals surface area contributed by atoms with Gasteiger partial charge < -0.3 is 10.4 Å². The molecule has 17 heavy (non-hydrogen) atoms. The molecule has 1 aromatic heterocycles. The first kappa shape index (κ1) is 13.6. The number of aliphatic carboxylic acids is 1. The van der Waals surface area contributed by atoms with Crippen molar-refractivity contribution in [2.75, 3.05) is 6.54 Å². The van der Waals surface area contributed by atoms with Gasteiger partial charge in [0.1, 0.15) is 0 Å². The van der Waals surface area contributed by atoms with E-state index < -0.39 is 11.9 Å². The van der Waals surface area contributed by atoms with E-state index in [0.717, 1.165) is 10.7 Å². The van der Waals surface area contributed by atoms with Crippen LogP contribution in [0, 0.1) is 12.8 Å². The molecule has 1 heterocycles. The van der Waals surface area contributed by atoms with E-state index in [-0.39, 0.29) is 18.9 Å². The van der Waals surface area contributed by atoms with Gasteiger partial charge in [0.05, 0.1) is 23.0 Å². The molecule has 6 heteroatoms. The van der Waals surface area contributed by atoms with Gasteiger partial charge in [-0.3, -0.25) is 9.59 Å². The Labute approximate surface area is 104 Å². The van der Waals surface area contributed by atoms with E-state index in [1.54, 1.807) is 6.92 Å². The molecule has 5 nitrogen and oxygen atoms in total. The maximum atomic E-state index is 11.5. The highest BCUT2D eigenvalue weighted by Crippen LogP contribution is 2.08. The fourth-order valence-corrected chi connectivity index (χ4v) is 1.97. The smallest absolute Gasteiger partial charge is 0.308 e.